The summed E-state index contributed by atoms with van der Waals surface area (Å²) in [6.45, 7) is 3.60. The van der Waals surface area contributed by atoms with Gasteiger partial charge in [-0.2, -0.15) is 18.4 Å². The highest BCUT2D eigenvalue weighted by atomic mass is 19.4. The molecule has 2 aromatic carbocycles. The van der Waals surface area contributed by atoms with Crippen LogP contribution in [-0.4, -0.2) is 19.1 Å². The summed E-state index contributed by atoms with van der Waals surface area (Å²) in [6.07, 6.45) is -3.62. The smallest absolute Gasteiger partial charge is 0.418 e. The maximum Gasteiger partial charge on any atom is 0.418 e. The van der Waals surface area contributed by atoms with Crippen molar-refractivity contribution < 1.29 is 27.4 Å². The number of hydrogen-bond donors (Lipinski definition) is 1. The Morgan fingerprint density at radius 3 is 2.45 bits per heavy atom. The van der Waals surface area contributed by atoms with Crippen molar-refractivity contribution in [3.05, 3.63) is 59.2 Å². The van der Waals surface area contributed by atoms with Gasteiger partial charge in [-0.1, -0.05) is 24.3 Å². The zero-order chi connectivity index (χ0) is 21.6. The van der Waals surface area contributed by atoms with Gasteiger partial charge in [-0.25, -0.2) is 0 Å². The van der Waals surface area contributed by atoms with Gasteiger partial charge < -0.3 is 14.8 Å². The van der Waals surface area contributed by atoms with Crippen LogP contribution in [0.4, 0.5) is 18.9 Å². The third-order valence-electron chi connectivity index (χ3n) is 3.73. The lowest BCUT2D eigenvalue weighted by Crippen LogP contribution is -2.17. The van der Waals surface area contributed by atoms with Crippen LogP contribution in [0.3, 0.4) is 0 Å². The third-order valence-corrected chi connectivity index (χ3v) is 3.73. The molecule has 0 aliphatic rings. The molecule has 0 bridgehead atoms. The van der Waals surface area contributed by atoms with Gasteiger partial charge in [-0.3, -0.25) is 4.79 Å². The van der Waals surface area contributed by atoms with Gasteiger partial charge in [0.05, 0.1) is 24.5 Å². The lowest BCUT2D eigenvalue weighted by molar-refractivity contribution is -0.137. The highest BCUT2D eigenvalue weighted by Gasteiger charge is 2.33. The predicted octanol–water partition coefficient (Wildman–Crippen LogP) is 5.05. The molecule has 0 aliphatic heterocycles. The lowest BCUT2D eigenvalue weighted by atomic mass is 10.1. The number of methoxy groups -OCH3 is 1. The fourth-order valence-electron chi connectivity index (χ4n) is 2.50. The van der Waals surface area contributed by atoms with Gasteiger partial charge in [0.1, 0.15) is 11.6 Å². The van der Waals surface area contributed by atoms with Crippen molar-refractivity contribution in [2.24, 2.45) is 0 Å². The number of hydrogen-bond acceptors (Lipinski definition) is 4. The molecule has 0 fully saturated rings. The molecule has 0 saturated carbocycles. The average molecular weight is 404 g/mol. The highest BCUT2D eigenvalue weighted by Crippen LogP contribution is 2.35. The van der Waals surface area contributed by atoms with E-state index >= 15 is 0 Å². The molecular weight excluding hydrogens is 385 g/mol. The summed E-state index contributed by atoms with van der Waals surface area (Å²) in [5, 5.41) is 11.5. The van der Waals surface area contributed by atoms with Crippen LogP contribution in [0.5, 0.6) is 11.5 Å². The first kappa shape index (κ1) is 21.8. The van der Waals surface area contributed by atoms with Crippen LogP contribution in [0.15, 0.2) is 48.0 Å². The molecule has 1 amide bonds. The Morgan fingerprint density at radius 2 is 1.86 bits per heavy atom. The van der Waals surface area contributed by atoms with E-state index in [4.69, 9.17) is 9.47 Å². The molecule has 0 saturated heterocycles. The van der Waals surface area contributed by atoms with Crippen LogP contribution >= 0.6 is 0 Å². The number of ether oxygens (including phenoxy) is 2. The zero-order valence-corrected chi connectivity index (χ0v) is 16.0. The van der Waals surface area contributed by atoms with Crippen LogP contribution in [0, 0.1) is 11.3 Å². The first-order valence-corrected chi connectivity index (χ1v) is 8.60. The highest BCUT2D eigenvalue weighted by molar-refractivity contribution is 6.10. The van der Waals surface area contributed by atoms with E-state index in [1.54, 1.807) is 38.1 Å². The van der Waals surface area contributed by atoms with E-state index in [0.717, 1.165) is 12.1 Å². The number of nitriles is 1. The Labute approximate surface area is 166 Å². The first-order chi connectivity index (χ1) is 13.7. The molecule has 152 valence electrons. The Balaban J connectivity index is 2.42. The number of carbonyl (C=O) groups is 1. The molecule has 5 nitrogen and oxygen atoms in total. The molecule has 0 atom stereocenters. The Kier molecular flexibility index (Phi) is 6.89. The molecule has 1 N–H and O–H groups in total. The van der Waals surface area contributed by atoms with Crippen LogP contribution < -0.4 is 14.8 Å². The SMILES string of the molecule is COc1cccc(/C=C(\C#N)C(=O)Nc2ccccc2C(F)(F)F)c1OC(C)C. The van der Waals surface area contributed by atoms with Crippen LogP contribution in [0.2, 0.25) is 0 Å². The van der Waals surface area contributed by atoms with Crippen molar-refractivity contribution in [3.63, 3.8) is 0 Å². The fourth-order valence-corrected chi connectivity index (χ4v) is 2.50. The second-order valence-corrected chi connectivity index (χ2v) is 6.21. The summed E-state index contributed by atoms with van der Waals surface area (Å²) < 4.78 is 50.3. The number of nitrogens with zero attached hydrogens (tertiary/aromatic N) is 1. The second-order valence-electron chi connectivity index (χ2n) is 6.21. The standard InChI is InChI=1S/C21H19F3N2O3/c1-13(2)29-19-14(7-6-10-18(19)28-3)11-15(12-25)20(27)26-17-9-5-4-8-16(17)21(22,23)24/h4-11,13H,1-3H3,(H,26,27)/b15-11+. The molecule has 0 aliphatic carbocycles. The maximum absolute atomic E-state index is 13.1. The molecule has 8 heteroatoms. The van der Waals surface area contributed by atoms with Crippen molar-refractivity contribution in [2.75, 3.05) is 12.4 Å². The molecule has 0 aromatic heterocycles. The Morgan fingerprint density at radius 1 is 1.17 bits per heavy atom. The minimum atomic E-state index is -4.65. The molecule has 0 heterocycles. The van der Waals surface area contributed by atoms with Crippen molar-refractivity contribution >= 4 is 17.7 Å². The van der Waals surface area contributed by atoms with Crippen molar-refractivity contribution in [2.45, 2.75) is 26.1 Å². The van der Waals surface area contributed by atoms with Gasteiger partial charge in [0.15, 0.2) is 11.5 Å². The minimum Gasteiger partial charge on any atom is -0.493 e. The van der Waals surface area contributed by atoms with E-state index in [2.05, 4.69) is 5.32 Å². The fraction of sp³-hybridized carbons (Fsp3) is 0.238. The number of para-hydroxylation sites is 2. The predicted molar refractivity (Wildman–Crippen MR) is 102 cm³/mol. The summed E-state index contributed by atoms with van der Waals surface area (Å²) in [5.41, 5.74) is -1.44. The molecule has 0 radical (unpaired) electrons. The van der Waals surface area contributed by atoms with E-state index < -0.39 is 23.3 Å². The number of benzene rings is 2. The molecule has 0 spiro atoms. The van der Waals surface area contributed by atoms with Crippen molar-refractivity contribution in [1.82, 2.24) is 0 Å². The number of nitrogens with one attached hydrogen (secondary N) is 1. The van der Waals surface area contributed by atoms with Gasteiger partial charge in [-0.05, 0) is 38.1 Å². The van der Waals surface area contributed by atoms with Gasteiger partial charge in [-0.15, -0.1) is 0 Å². The molecule has 2 aromatic rings. The minimum absolute atomic E-state index is 0.212. The first-order valence-electron chi connectivity index (χ1n) is 8.60. The van der Waals surface area contributed by atoms with Gasteiger partial charge in [0.25, 0.3) is 5.91 Å². The van der Waals surface area contributed by atoms with Crippen LogP contribution in [0.25, 0.3) is 6.08 Å². The van der Waals surface area contributed by atoms with Crippen LogP contribution in [-0.2, 0) is 11.0 Å². The summed E-state index contributed by atoms with van der Waals surface area (Å²) >= 11 is 0. The van der Waals surface area contributed by atoms with Crippen LogP contribution in [0.1, 0.15) is 25.0 Å². The Hall–Kier alpha value is -3.47. The Bertz CT molecular complexity index is 960. The lowest BCUT2D eigenvalue weighted by Gasteiger charge is -2.16. The third kappa shape index (κ3) is 5.51. The number of carbonyl (C=O) groups excluding carboxylic acids is 1. The van der Waals surface area contributed by atoms with E-state index in [1.807, 2.05) is 0 Å². The summed E-state index contributed by atoms with van der Waals surface area (Å²) in [4.78, 5) is 12.5. The number of halogens is 3. The average Bonchev–Trinajstić information content (AvgIpc) is 2.66. The van der Waals surface area contributed by atoms with E-state index in [9.17, 15) is 23.2 Å². The van der Waals surface area contributed by atoms with Gasteiger partial charge in [0, 0.05) is 5.56 Å². The molecule has 2 rings (SSSR count). The van der Waals surface area contributed by atoms with Crippen molar-refractivity contribution in [1.29, 1.82) is 5.26 Å². The molecular formula is C21H19F3N2O3. The van der Waals surface area contributed by atoms with Gasteiger partial charge in [0.2, 0.25) is 0 Å². The summed E-state index contributed by atoms with van der Waals surface area (Å²) in [5.74, 6) is -0.253. The van der Waals surface area contributed by atoms with E-state index in [0.29, 0.717) is 17.1 Å². The zero-order valence-electron chi connectivity index (χ0n) is 16.0. The number of alkyl halides is 3. The second kappa shape index (κ2) is 9.15. The van der Waals surface area contributed by atoms with Gasteiger partial charge >= 0.3 is 6.18 Å². The monoisotopic (exact) mass is 404 g/mol. The van der Waals surface area contributed by atoms with E-state index in [-0.39, 0.29) is 11.7 Å². The number of anilines is 1. The largest absolute Gasteiger partial charge is 0.493 e. The maximum atomic E-state index is 13.1. The quantitative estimate of drug-likeness (QED) is 0.540. The normalized spacial score (nSPS) is 11.7. The summed E-state index contributed by atoms with van der Waals surface area (Å²) in [6, 6.07) is 11.2. The topological polar surface area (TPSA) is 71.3 Å². The number of amides is 1. The van der Waals surface area contributed by atoms with E-state index in [1.165, 1.54) is 25.3 Å². The number of rotatable bonds is 6. The summed E-state index contributed by atoms with van der Waals surface area (Å²) in [7, 11) is 1.45. The van der Waals surface area contributed by atoms with Crippen molar-refractivity contribution in [3.8, 4) is 17.6 Å². The molecule has 0 unspecified atom stereocenters. The molecule has 29 heavy (non-hydrogen) atoms.